The van der Waals surface area contributed by atoms with Gasteiger partial charge in [-0.3, -0.25) is 4.79 Å². The van der Waals surface area contributed by atoms with E-state index in [2.05, 4.69) is 17.0 Å². The summed E-state index contributed by atoms with van der Waals surface area (Å²) in [6, 6.07) is 9.64. The summed E-state index contributed by atoms with van der Waals surface area (Å²) in [7, 11) is 0. The van der Waals surface area contributed by atoms with E-state index >= 15 is 0 Å². The number of hydrogen-bond acceptors (Lipinski definition) is 4. The number of aryl methyl sites for hydroxylation is 1. The molecule has 0 aliphatic carbocycles. The van der Waals surface area contributed by atoms with Crippen LogP contribution in [0.2, 0.25) is 0 Å². The third-order valence-electron chi connectivity index (χ3n) is 3.57. The molecule has 1 amide bonds. The number of carbonyl (C=O) groups excluding carboxylic acids is 1. The number of amides is 1. The lowest BCUT2D eigenvalue weighted by molar-refractivity contribution is 0.0951. The third kappa shape index (κ3) is 2.05. The standard InChI is InChI=1S/C15H17N3O2/c1-3-17-8-9-18(13-7-5-4-6-12(13)17)15(19)14-10-11(2)16-20-14/h4-7,10H,3,8-9H2,1-2H3. The van der Waals surface area contributed by atoms with Crippen LogP contribution in [0.3, 0.4) is 0 Å². The van der Waals surface area contributed by atoms with Crippen LogP contribution in [0.5, 0.6) is 0 Å². The average molecular weight is 271 g/mol. The molecule has 0 spiro atoms. The minimum atomic E-state index is -0.131. The Kier molecular flexibility index (Phi) is 3.18. The van der Waals surface area contributed by atoms with Crippen LogP contribution in [-0.2, 0) is 0 Å². The molecule has 20 heavy (non-hydrogen) atoms. The highest BCUT2D eigenvalue weighted by Gasteiger charge is 2.28. The predicted molar refractivity (Wildman–Crippen MR) is 77.2 cm³/mol. The molecule has 104 valence electrons. The fraction of sp³-hybridized carbons (Fsp3) is 0.333. The molecule has 3 rings (SSSR count). The Labute approximate surface area is 117 Å². The topological polar surface area (TPSA) is 49.6 Å². The van der Waals surface area contributed by atoms with Gasteiger partial charge >= 0.3 is 0 Å². The summed E-state index contributed by atoms with van der Waals surface area (Å²) in [5.74, 6) is 0.163. The van der Waals surface area contributed by atoms with E-state index in [9.17, 15) is 4.79 Å². The Morgan fingerprint density at radius 1 is 1.30 bits per heavy atom. The first-order valence-electron chi connectivity index (χ1n) is 6.80. The molecule has 0 radical (unpaired) electrons. The van der Waals surface area contributed by atoms with E-state index in [0.29, 0.717) is 18.0 Å². The Morgan fingerprint density at radius 2 is 2.05 bits per heavy atom. The average Bonchev–Trinajstić information content (AvgIpc) is 2.92. The molecule has 0 fully saturated rings. The normalized spacial score (nSPS) is 14.3. The monoisotopic (exact) mass is 271 g/mol. The van der Waals surface area contributed by atoms with Gasteiger partial charge in [-0.1, -0.05) is 17.3 Å². The minimum absolute atomic E-state index is 0.131. The lowest BCUT2D eigenvalue weighted by atomic mass is 10.1. The minimum Gasteiger partial charge on any atom is -0.368 e. The van der Waals surface area contributed by atoms with Crippen LogP contribution in [0.1, 0.15) is 23.2 Å². The third-order valence-corrected chi connectivity index (χ3v) is 3.57. The molecule has 0 saturated heterocycles. The molecule has 5 heteroatoms. The van der Waals surface area contributed by atoms with Crippen molar-refractivity contribution in [2.24, 2.45) is 0 Å². The number of rotatable bonds is 2. The second-order valence-electron chi connectivity index (χ2n) is 4.86. The van der Waals surface area contributed by atoms with Crippen LogP contribution < -0.4 is 9.80 Å². The SMILES string of the molecule is CCN1CCN(C(=O)c2cc(C)no2)c2ccccc21. The molecule has 2 heterocycles. The smallest absolute Gasteiger partial charge is 0.297 e. The summed E-state index contributed by atoms with van der Waals surface area (Å²) in [5, 5.41) is 3.79. The van der Waals surface area contributed by atoms with E-state index in [1.54, 1.807) is 11.0 Å². The number of anilines is 2. The van der Waals surface area contributed by atoms with Crippen molar-refractivity contribution < 1.29 is 9.32 Å². The molecule has 1 aromatic carbocycles. The van der Waals surface area contributed by atoms with E-state index in [1.165, 1.54) is 0 Å². The summed E-state index contributed by atoms with van der Waals surface area (Å²) in [4.78, 5) is 16.6. The van der Waals surface area contributed by atoms with Crippen LogP contribution >= 0.6 is 0 Å². The van der Waals surface area contributed by atoms with Crippen LogP contribution in [0.15, 0.2) is 34.9 Å². The zero-order chi connectivity index (χ0) is 14.1. The molecule has 5 nitrogen and oxygen atoms in total. The number of aromatic nitrogens is 1. The highest BCUT2D eigenvalue weighted by atomic mass is 16.5. The summed E-state index contributed by atoms with van der Waals surface area (Å²) in [5.41, 5.74) is 2.74. The Balaban J connectivity index is 1.97. The predicted octanol–water partition coefficient (Wildman–Crippen LogP) is 2.47. The number of benzene rings is 1. The molecule has 1 aliphatic heterocycles. The number of fused-ring (bicyclic) bond motifs is 1. The maximum absolute atomic E-state index is 12.5. The van der Waals surface area contributed by atoms with Crippen molar-refractivity contribution in [2.75, 3.05) is 29.4 Å². The molecule has 1 aromatic heterocycles. The van der Waals surface area contributed by atoms with Gasteiger partial charge in [0.15, 0.2) is 0 Å². The van der Waals surface area contributed by atoms with Gasteiger partial charge in [-0.15, -0.1) is 0 Å². The van der Waals surface area contributed by atoms with Crippen LogP contribution in [-0.4, -0.2) is 30.7 Å². The molecule has 2 aromatic rings. The van der Waals surface area contributed by atoms with E-state index in [-0.39, 0.29) is 5.91 Å². The van der Waals surface area contributed by atoms with E-state index in [4.69, 9.17) is 4.52 Å². The summed E-state index contributed by atoms with van der Waals surface area (Å²) in [6.45, 7) is 6.34. The van der Waals surface area contributed by atoms with Gasteiger partial charge in [0.05, 0.1) is 17.1 Å². The van der Waals surface area contributed by atoms with Crippen molar-refractivity contribution in [2.45, 2.75) is 13.8 Å². The summed E-state index contributed by atoms with van der Waals surface area (Å²) >= 11 is 0. The highest BCUT2D eigenvalue weighted by molar-refractivity contribution is 6.06. The Bertz CT molecular complexity index is 636. The first kappa shape index (κ1) is 12.7. The summed E-state index contributed by atoms with van der Waals surface area (Å²) < 4.78 is 5.09. The van der Waals surface area contributed by atoms with Crippen molar-refractivity contribution >= 4 is 17.3 Å². The van der Waals surface area contributed by atoms with Gasteiger partial charge in [0.25, 0.3) is 5.91 Å². The fourth-order valence-electron chi connectivity index (χ4n) is 2.56. The molecule has 0 unspecified atom stereocenters. The molecular formula is C15H17N3O2. The maximum Gasteiger partial charge on any atom is 0.297 e. The number of nitrogens with zero attached hydrogens (tertiary/aromatic N) is 3. The quantitative estimate of drug-likeness (QED) is 0.842. The Morgan fingerprint density at radius 3 is 2.70 bits per heavy atom. The van der Waals surface area contributed by atoms with E-state index in [1.807, 2.05) is 31.2 Å². The zero-order valence-electron chi connectivity index (χ0n) is 11.7. The second-order valence-corrected chi connectivity index (χ2v) is 4.86. The van der Waals surface area contributed by atoms with Crippen LogP contribution in [0.25, 0.3) is 0 Å². The van der Waals surface area contributed by atoms with Gasteiger partial charge in [-0.05, 0) is 26.0 Å². The van der Waals surface area contributed by atoms with Crippen molar-refractivity contribution in [3.05, 3.63) is 41.8 Å². The first-order chi connectivity index (χ1) is 9.70. The molecule has 0 atom stereocenters. The maximum atomic E-state index is 12.5. The Hall–Kier alpha value is -2.30. The lowest BCUT2D eigenvalue weighted by Gasteiger charge is -2.36. The second kappa shape index (κ2) is 5.00. The van der Waals surface area contributed by atoms with Gasteiger partial charge in [-0.25, -0.2) is 0 Å². The van der Waals surface area contributed by atoms with Crippen molar-refractivity contribution in [3.63, 3.8) is 0 Å². The summed E-state index contributed by atoms with van der Waals surface area (Å²) in [6.07, 6.45) is 0. The molecule has 0 N–H and O–H groups in total. The fourth-order valence-corrected chi connectivity index (χ4v) is 2.56. The van der Waals surface area contributed by atoms with Crippen LogP contribution in [0, 0.1) is 6.92 Å². The van der Waals surface area contributed by atoms with Crippen LogP contribution in [0.4, 0.5) is 11.4 Å². The molecular weight excluding hydrogens is 254 g/mol. The number of hydrogen-bond donors (Lipinski definition) is 0. The van der Waals surface area contributed by atoms with Gasteiger partial charge in [0.1, 0.15) is 0 Å². The molecule has 0 saturated carbocycles. The van der Waals surface area contributed by atoms with E-state index < -0.39 is 0 Å². The van der Waals surface area contributed by atoms with Crippen molar-refractivity contribution in [3.8, 4) is 0 Å². The zero-order valence-corrected chi connectivity index (χ0v) is 11.7. The number of likely N-dealkylation sites (N-methyl/N-ethyl adjacent to an activating group) is 1. The highest BCUT2D eigenvalue weighted by Crippen LogP contribution is 2.33. The first-order valence-corrected chi connectivity index (χ1v) is 6.80. The van der Waals surface area contributed by atoms with Crippen molar-refractivity contribution in [1.82, 2.24) is 5.16 Å². The van der Waals surface area contributed by atoms with Crippen molar-refractivity contribution in [1.29, 1.82) is 0 Å². The van der Waals surface area contributed by atoms with Gasteiger partial charge in [-0.2, -0.15) is 0 Å². The largest absolute Gasteiger partial charge is 0.368 e. The van der Waals surface area contributed by atoms with Gasteiger partial charge < -0.3 is 14.3 Å². The number of carbonyl (C=O) groups is 1. The van der Waals surface area contributed by atoms with Gasteiger partial charge in [0.2, 0.25) is 5.76 Å². The number of para-hydroxylation sites is 2. The van der Waals surface area contributed by atoms with E-state index in [0.717, 1.165) is 24.5 Å². The molecule has 1 aliphatic rings. The van der Waals surface area contributed by atoms with Gasteiger partial charge in [0, 0.05) is 25.7 Å². The molecule has 0 bridgehead atoms. The lowest BCUT2D eigenvalue weighted by Crippen LogP contribution is -2.44.